The van der Waals surface area contributed by atoms with Gasteiger partial charge in [-0.2, -0.15) is 0 Å². The highest BCUT2D eigenvalue weighted by molar-refractivity contribution is 6.08. The van der Waals surface area contributed by atoms with Crippen LogP contribution in [0.2, 0.25) is 0 Å². The van der Waals surface area contributed by atoms with Gasteiger partial charge < -0.3 is 15.5 Å². The van der Waals surface area contributed by atoms with Crippen LogP contribution < -0.4 is 10.6 Å². The summed E-state index contributed by atoms with van der Waals surface area (Å²) in [6, 6.07) is 3.40. The summed E-state index contributed by atoms with van der Waals surface area (Å²) in [5.74, 6) is -1.60. The molecule has 1 aromatic heterocycles. The van der Waals surface area contributed by atoms with Gasteiger partial charge in [0.1, 0.15) is 6.04 Å². The highest BCUT2D eigenvalue weighted by Gasteiger charge is 2.33. The number of aromatic nitrogens is 1. The van der Waals surface area contributed by atoms with Crippen LogP contribution in [0.25, 0.3) is 10.8 Å². The molecule has 0 spiro atoms. The van der Waals surface area contributed by atoms with Crippen molar-refractivity contribution in [1.82, 2.24) is 15.2 Å². The zero-order valence-electron chi connectivity index (χ0n) is 14.0. The van der Waals surface area contributed by atoms with Crippen LogP contribution in [0.3, 0.4) is 0 Å². The molecule has 0 unspecified atom stereocenters. The number of rotatable bonds is 3. The molecule has 2 heterocycles. The molecule has 4 N–H and O–H groups in total. The fraction of sp³-hybridized carbons (Fsp3) is 0.294. The first-order valence-electron chi connectivity index (χ1n) is 8.14. The minimum atomic E-state index is -0.909. The smallest absolute Gasteiger partial charge is 0.340 e. The van der Waals surface area contributed by atoms with Gasteiger partial charge in [0.05, 0.1) is 5.39 Å². The predicted octanol–water partition coefficient (Wildman–Crippen LogP) is 1.18. The first kappa shape index (κ1) is 17.5. The minimum absolute atomic E-state index is 0.106. The Morgan fingerprint density at radius 2 is 2.15 bits per heavy atom. The summed E-state index contributed by atoms with van der Waals surface area (Å²) >= 11 is 0. The van der Waals surface area contributed by atoms with Crippen molar-refractivity contribution in [3.05, 3.63) is 23.8 Å². The molecule has 4 amide bonds. The highest BCUT2D eigenvalue weighted by atomic mass is 16.3. The fourth-order valence-corrected chi connectivity index (χ4v) is 3.01. The van der Waals surface area contributed by atoms with Crippen molar-refractivity contribution in [2.75, 3.05) is 6.54 Å². The number of imide groups is 1. The summed E-state index contributed by atoms with van der Waals surface area (Å²) in [4.78, 5) is 38.7. The Morgan fingerprint density at radius 3 is 2.85 bits per heavy atom. The molecule has 2 aromatic rings. The number of hydrogen-bond acceptors (Lipinski definition) is 5. The number of hydrogen-bond donors (Lipinski definition) is 4. The third kappa shape index (κ3) is 2.99. The number of carbonyl (C=O) groups excluding carboxylic acids is 3. The van der Waals surface area contributed by atoms with Crippen molar-refractivity contribution in [2.24, 2.45) is 4.99 Å². The lowest BCUT2D eigenvalue weighted by Gasteiger charge is -2.23. The highest BCUT2D eigenvalue weighted by Crippen LogP contribution is 2.41. The van der Waals surface area contributed by atoms with E-state index in [0.29, 0.717) is 17.5 Å². The van der Waals surface area contributed by atoms with Crippen LogP contribution in [0.1, 0.15) is 31.4 Å². The van der Waals surface area contributed by atoms with E-state index >= 15 is 0 Å². The van der Waals surface area contributed by atoms with Crippen LogP contribution in [0.4, 0.5) is 4.79 Å². The molecule has 26 heavy (non-hydrogen) atoms. The molecule has 0 bridgehead atoms. The van der Waals surface area contributed by atoms with Gasteiger partial charge >= 0.3 is 6.03 Å². The number of carbonyl (C=O) groups is 3. The zero-order chi connectivity index (χ0) is 18.8. The number of benzene rings is 1. The summed E-state index contributed by atoms with van der Waals surface area (Å²) in [5.41, 5.74) is 0.410. The maximum absolute atomic E-state index is 12.1. The molecule has 0 saturated carbocycles. The topological polar surface area (TPSA) is 133 Å². The van der Waals surface area contributed by atoms with Gasteiger partial charge in [-0.15, -0.1) is 0 Å². The molecular weight excluding hydrogens is 340 g/mol. The van der Waals surface area contributed by atoms with Crippen LogP contribution in [0.5, 0.6) is 11.8 Å². The van der Waals surface area contributed by atoms with E-state index in [2.05, 4.69) is 15.6 Å². The number of piperidine rings is 1. The van der Waals surface area contributed by atoms with Crippen LogP contribution in [0.15, 0.2) is 23.2 Å². The Balaban J connectivity index is 2.08. The predicted molar refractivity (Wildman–Crippen MR) is 93.4 cm³/mol. The second kappa shape index (κ2) is 6.87. The Morgan fingerprint density at radius 1 is 1.38 bits per heavy atom. The summed E-state index contributed by atoms with van der Waals surface area (Å²) < 4.78 is 1.09. The fourth-order valence-electron chi connectivity index (χ4n) is 3.01. The third-order valence-corrected chi connectivity index (χ3v) is 4.19. The quantitative estimate of drug-likeness (QED) is 0.483. The minimum Gasteiger partial charge on any atom is -0.494 e. The van der Waals surface area contributed by atoms with Crippen molar-refractivity contribution >= 4 is 34.8 Å². The molecule has 0 aliphatic carbocycles. The van der Waals surface area contributed by atoms with E-state index in [1.54, 1.807) is 25.1 Å². The third-order valence-electron chi connectivity index (χ3n) is 4.19. The average Bonchev–Trinajstić information content (AvgIpc) is 2.85. The van der Waals surface area contributed by atoms with Crippen molar-refractivity contribution < 1.29 is 24.6 Å². The first-order valence-corrected chi connectivity index (χ1v) is 8.14. The molecule has 9 heteroatoms. The lowest BCUT2D eigenvalue weighted by atomic mass is 10.1. The molecular formula is C17H18N4O5. The number of amides is 4. The lowest BCUT2D eigenvalue weighted by Crippen LogP contribution is -2.41. The van der Waals surface area contributed by atoms with Gasteiger partial charge in [0.15, 0.2) is 0 Å². The van der Waals surface area contributed by atoms with Gasteiger partial charge in [-0.1, -0.05) is 12.1 Å². The molecule has 1 saturated heterocycles. The number of nitrogens with one attached hydrogen (secondary N) is 2. The molecule has 1 aliphatic heterocycles. The second-order valence-electron chi connectivity index (χ2n) is 5.85. The maximum Gasteiger partial charge on any atom is 0.340 e. The van der Waals surface area contributed by atoms with E-state index in [9.17, 15) is 24.6 Å². The Hall–Kier alpha value is -3.36. The molecule has 1 atom stereocenters. The van der Waals surface area contributed by atoms with Crippen molar-refractivity contribution in [3.63, 3.8) is 0 Å². The monoisotopic (exact) mass is 358 g/mol. The van der Waals surface area contributed by atoms with Crippen LogP contribution >= 0.6 is 0 Å². The standard InChI is InChI=1S/C17H18N4O5/c1-2-18-17(26)19-8-9-4-3-5-10-13(9)16(25)21(15(10)24)11-6-7-12(22)20-14(11)23/h3-5,8,11,24-25H,2,6-7H2,1H3,(H,18,26)(H,20,22,23)/t11-/m0/s1. The van der Waals surface area contributed by atoms with Gasteiger partial charge in [-0.25, -0.2) is 9.79 Å². The van der Waals surface area contributed by atoms with E-state index in [0.717, 1.165) is 4.57 Å². The molecule has 3 rings (SSSR count). The molecule has 1 aliphatic rings. The number of nitrogens with zero attached hydrogens (tertiary/aromatic N) is 2. The maximum atomic E-state index is 12.1. The van der Waals surface area contributed by atoms with Crippen molar-refractivity contribution in [2.45, 2.75) is 25.8 Å². The summed E-state index contributed by atoms with van der Waals surface area (Å²) in [5, 5.41) is 26.4. The number of urea groups is 1. The van der Waals surface area contributed by atoms with Crippen molar-refractivity contribution in [1.29, 1.82) is 0 Å². The average molecular weight is 358 g/mol. The van der Waals surface area contributed by atoms with E-state index < -0.39 is 23.9 Å². The van der Waals surface area contributed by atoms with E-state index in [-0.39, 0.29) is 30.0 Å². The normalized spacial score (nSPS) is 17.7. The van der Waals surface area contributed by atoms with Gasteiger partial charge in [-0.3, -0.25) is 19.5 Å². The van der Waals surface area contributed by atoms with Crippen molar-refractivity contribution in [3.8, 4) is 11.8 Å². The van der Waals surface area contributed by atoms with E-state index in [1.807, 2.05) is 0 Å². The van der Waals surface area contributed by atoms with Gasteiger partial charge in [0.2, 0.25) is 23.6 Å². The molecule has 9 nitrogen and oxygen atoms in total. The summed E-state index contributed by atoms with van der Waals surface area (Å²) in [7, 11) is 0. The number of fused-ring (bicyclic) bond motifs is 1. The Labute approximate surface area is 148 Å². The second-order valence-corrected chi connectivity index (χ2v) is 5.85. The lowest BCUT2D eigenvalue weighted by molar-refractivity contribution is -0.135. The molecule has 1 aromatic carbocycles. The van der Waals surface area contributed by atoms with E-state index in [1.165, 1.54) is 6.21 Å². The Kier molecular flexibility index (Phi) is 4.61. The molecule has 1 fully saturated rings. The summed E-state index contributed by atoms with van der Waals surface area (Å²) in [6.07, 6.45) is 1.55. The van der Waals surface area contributed by atoms with Gasteiger partial charge in [0.25, 0.3) is 0 Å². The SMILES string of the molecule is CCNC(=O)N=Cc1cccc2c(O)n([C@H]3CCC(=O)NC3=O)c(O)c12. The van der Waals surface area contributed by atoms with Crippen LogP contribution in [0, 0.1) is 0 Å². The van der Waals surface area contributed by atoms with Crippen LogP contribution in [-0.2, 0) is 9.59 Å². The molecule has 136 valence electrons. The van der Waals surface area contributed by atoms with E-state index in [4.69, 9.17) is 0 Å². The van der Waals surface area contributed by atoms with Crippen LogP contribution in [-0.4, -0.2) is 45.4 Å². The number of aromatic hydroxyl groups is 2. The number of aliphatic imine (C=N–C) groups is 1. The van der Waals surface area contributed by atoms with Gasteiger partial charge in [-0.05, 0) is 19.4 Å². The van der Waals surface area contributed by atoms with Gasteiger partial charge in [0, 0.05) is 30.1 Å². The largest absolute Gasteiger partial charge is 0.494 e. The summed E-state index contributed by atoms with van der Waals surface area (Å²) in [6.45, 7) is 2.19. The zero-order valence-corrected chi connectivity index (χ0v) is 14.0. The molecule has 0 radical (unpaired) electrons. The first-order chi connectivity index (χ1) is 12.4. The Bertz CT molecular complexity index is 931.